The number of anilines is 2. The largest absolute Gasteiger partial charge is 0.497 e. The van der Waals surface area contributed by atoms with Gasteiger partial charge in [-0.2, -0.15) is 0 Å². The minimum atomic E-state index is -3.72. The Balaban J connectivity index is 1.62. The molecular formula is C23H24N2O4S2. The summed E-state index contributed by atoms with van der Waals surface area (Å²) in [5, 5.41) is 2.49. The van der Waals surface area contributed by atoms with Gasteiger partial charge in [0.2, 0.25) is 5.91 Å². The van der Waals surface area contributed by atoms with E-state index in [1.807, 2.05) is 50.2 Å². The molecule has 1 atom stereocenters. The number of carbonyl (C=O) groups is 1. The highest BCUT2D eigenvalue weighted by Crippen LogP contribution is 2.26. The minimum Gasteiger partial charge on any atom is -0.497 e. The molecule has 0 aromatic heterocycles. The predicted octanol–water partition coefficient (Wildman–Crippen LogP) is 4.92. The molecule has 0 fully saturated rings. The van der Waals surface area contributed by atoms with Gasteiger partial charge in [-0.05, 0) is 74.0 Å². The monoisotopic (exact) mass is 456 g/mol. The summed E-state index contributed by atoms with van der Waals surface area (Å²) in [6, 6.07) is 20.7. The van der Waals surface area contributed by atoms with E-state index in [2.05, 4.69) is 10.0 Å². The molecule has 162 valence electrons. The van der Waals surface area contributed by atoms with E-state index in [9.17, 15) is 13.2 Å². The van der Waals surface area contributed by atoms with E-state index >= 15 is 0 Å². The highest BCUT2D eigenvalue weighted by atomic mass is 32.2. The Morgan fingerprint density at radius 1 is 0.968 bits per heavy atom. The number of nitrogens with one attached hydrogen (secondary N) is 2. The number of benzene rings is 3. The fourth-order valence-electron chi connectivity index (χ4n) is 2.76. The van der Waals surface area contributed by atoms with Gasteiger partial charge in [0.15, 0.2) is 0 Å². The van der Waals surface area contributed by atoms with Crippen molar-refractivity contribution in [3.63, 3.8) is 0 Å². The van der Waals surface area contributed by atoms with Gasteiger partial charge < -0.3 is 10.1 Å². The third-order valence-corrected chi connectivity index (χ3v) is 7.06. The molecule has 0 saturated carbocycles. The lowest BCUT2D eigenvalue weighted by Gasteiger charge is -2.13. The maximum Gasteiger partial charge on any atom is 0.261 e. The van der Waals surface area contributed by atoms with Crippen molar-refractivity contribution in [2.24, 2.45) is 0 Å². The van der Waals surface area contributed by atoms with E-state index in [-0.39, 0.29) is 16.1 Å². The van der Waals surface area contributed by atoms with E-state index < -0.39 is 10.0 Å². The number of sulfonamides is 1. The number of aryl methyl sites for hydroxylation is 1. The Morgan fingerprint density at radius 2 is 1.61 bits per heavy atom. The van der Waals surface area contributed by atoms with E-state index in [1.165, 1.54) is 23.9 Å². The van der Waals surface area contributed by atoms with Crippen LogP contribution in [0.1, 0.15) is 12.5 Å². The average Bonchev–Trinajstić information content (AvgIpc) is 2.76. The van der Waals surface area contributed by atoms with Crippen LogP contribution in [0.15, 0.2) is 82.6 Å². The van der Waals surface area contributed by atoms with Crippen LogP contribution in [0.3, 0.4) is 0 Å². The van der Waals surface area contributed by atoms with Crippen LogP contribution in [0.5, 0.6) is 5.75 Å². The standard InChI is InChI=1S/C23H24N2O4S2/c1-16-6-4-5-7-22(16)25-31(27,28)21-14-8-18(9-15-21)24-23(26)17(2)30-20-12-10-19(29-3)11-13-20/h4-15,17,25H,1-3H3,(H,24,26)/t17-/m0/s1. The Hall–Kier alpha value is -2.97. The van der Waals surface area contributed by atoms with Gasteiger partial charge in [0.1, 0.15) is 5.75 Å². The Labute approximate surface area is 187 Å². The van der Waals surface area contributed by atoms with Crippen molar-refractivity contribution in [3.05, 3.63) is 78.4 Å². The molecule has 0 aliphatic heterocycles. The summed E-state index contributed by atoms with van der Waals surface area (Å²) in [7, 11) is -2.12. The number of ether oxygens (including phenoxy) is 1. The molecule has 3 aromatic carbocycles. The van der Waals surface area contributed by atoms with Crippen molar-refractivity contribution in [2.75, 3.05) is 17.1 Å². The molecule has 31 heavy (non-hydrogen) atoms. The molecule has 3 aromatic rings. The number of amides is 1. The summed E-state index contributed by atoms with van der Waals surface area (Å²) in [5.41, 5.74) is 1.89. The van der Waals surface area contributed by atoms with E-state index in [0.29, 0.717) is 11.4 Å². The van der Waals surface area contributed by atoms with Crippen LogP contribution in [0.25, 0.3) is 0 Å². The number of rotatable bonds is 8. The molecule has 0 aliphatic rings. The first-order valence-corrected chi connectivity index (χ1v) is 11.9. The first-order valence-electron chi connectivity index (χ1n) is 9.58. The number of thioether (sulfide) groups is 1. The fourth-order valence-corrected chi connectivity index (χ4v) is 4.76. The van der Waals surface area contributed by atoms with Crippen LogP contribution >= 0.6 is 11.8 Å². The van der Waals surface area contributed by atoms with Gasteiger partial charge in [-0.15, -0.1) is 11.8 Å². The first kappa shape index (κ1) is 22.7. The lowest BCUT2D eigenvalue weighted by atomic mass is 10.2. The number of hydrogen-bond donors (Lipinski definition) is 2. The van der Waals surface area contributed by atoms with Crippen LogP contribution in [-0.2, 0) is 14.8 Å². The molecule has 3 rings (SSSR count). The zero-order valence-corrected chi connectivity index (χ0v) is 19.1. The molecular weight excluding hydrogens is 432 g/mol. The Morgan fingerprint density at radius 3 is 2.23 bits per heavy atom. The van der Waals surface area contributed by atoms with Gasteiger partial charge in [-0.25, -0.2) is 8.42 Å². The van der Waals surface area contributed by atoms with Gasteiger partial charge in [0, 0.05) is 10.6 Å². The smallest absolute Gasteiger partial charge is 0.261 e. The third-order valence-electron chi connectivity index (χ3n) is 4.56. The summed E-state index contributed by atoms with van der Waals surface area (Å²) >= 11 is 1.43. The van der Waals surface area contributed by atoms with Gasteiger partial charge >= 0.3 is 0 Å². The topological polar surface area (TPSA) is 84.5 Å². The number of hydrogen-bond acceptors (Lipinski definition) is 5. The second-order valence-corrected chi connectivity index (χ2v) is 9.97. The van der Waals surface area contributed by atoms with Gasteiger partial charge in [-0.3, -0.25) is 9.52 Å². The molecule has 1 amide bonds. The summed E-state index contributed by atoms with van der Waals surface area (Å²) < 4.78 is 33.0. The summed E-state index contributed by atoms with van der Waals surface area (Å²) in [5.74, 6) is 0.586. The molecule has 0 bridgehead atoms. The second kappa shape index (κ2) is 9.89. The Kier molecular flexibility index (Phi) is 7.25. The van der Waals surface area contributed by atoms with E-state index in [4.69, 9.17) is 4.74 Å². The van der Waals surface area contributed by atoms with Crippen LogP contribution in [0.4, 0.5) is 11.4 Å². The number of para-hydroxylation sites is 1. The van der Waals surface area contributed by atoms with Crippen molar-refractivity contribution in [1.29, 1.82) is 0 Å². The molecule has 0 heterocycles. The van der Waals surface area contributed by atoms with Crippen molar-refractivity contribution in [2.45, 2.75) is 28.9 Å². The van der Waals surface area contributed by atoms with Crippen molar-refractivity contribution >= 4 is 39.1 Å². The zero-order valence-electron chi connectivity index (χ0n) is 17.5. The molecule has 0 radical (unpaired) electrons. The summed E-state index contributed by atoms with van der Waals surface area (Å²) in [4.78, 5) is 13.6. The average molecular weight is 457 g/mol. The summed E-state index contributed by atoms with van der Waals surface area (Å²) in [6.07, 6.45) is 0. The second-order valence-electron chi connectivity index (χ2n) is 6.87. The van der Waals surface area contributed by atoms with Gasteiger partial charge in [0.25, 0.3) is 10.0 Å². The van der Waals surface area contributed by atoms with Crippen LogP contribution < -0.4 is 14.8 Å². The maximum absolute atomic E-state index is 12.6. The van der Waals surface area contributed by atoms with Crippen molar-refractivity contribution in [1.82, 2.24) is 0 Å². The Bertz CT molecular complexity index is 1140. The first-order chi connectivity index (χ1) is 14.8. The third kappa shape index (κ3) is 6.02. The summed E-state index contributed by atoms with van der Waals surface area (Å²) in [6.45, 7) is 3.65. The molecule has 2 N–H and O–H groups in total. The molecule has 6 nitrogen and oxygen atoms in total. The highest BCUT2D eigenvalue weighted by molar-refractivity contribution is 8.00. The van der Waals surface area contributed by atoms with Gasteiger partial charge in [0.05, 0.1) is 22.9 Å². The van der Waals surface area contributed by atoms with Crippen LogP contribution in [0.2, 0.25) is 0 Å². The van der Waals surface area contributed by atoms with Gasteiger partial charge in [-0.1, -0.05) is 18.2 Å². The fraction of sp³-hybridized carbons (Fsp3) is 0.174. The van der Waals surface area contributed by atoms with Crippen LogP contribution in [0, 0.1) is 6.92 Å². The predicted molar refractivity (Wildman–Crippen MR) is 125 cm³/mol. The normalized spacial score (nSPS) is 12.1. The quantitative estimate of drug-likeness (QED) is 0.470. The molecule has 0 unspecified atom stereocenters. The maximum atomic E-state index is 12.6. The van der Waals surface area contributed by atoms with E-state index in [1.54, 1.807) is 31.4 Å². The minimum absolute atomic E-state index is 0.120. The van der Waals surface area contributed by atoms with Crippen molar-refractivity contribution < 1.29 is 17.9 Å². The molecule has 0 spiro atoms. The molecule has 0 aliphatic carbocycles. The highest BCUT2D eigenvalue weighted by Gasteiger charge is 2.17. The lowest BCUT2D eigenvalue weighted by molar-refractivity contribution is -0.115. The zero-order chi connectivity index (χ0) is 22.4. The SMILES string of the molecule is COc1ccc(S[C@@H](C)C(=O)Nc2ccc(S(=O)(=O)Nc3ccccc3C)cc2)cc1. The number of carbonyl (C=O) groups excluding carboxylic acids is 1. The molecule has 0 saturated heterocycles. The van der Waals surface area contributed by atoms with E-state index in [0.717, 1.165) is 16.2 Å². The van der Waals surface area contributed by atoms with Crippen LogP contribution in [-0.4, -0.2) is 26.7 Å². The lowest BCUT2D eigenvalue weighted by Crippen LogP contribution is -2.22. The number of methoxy groups -OCH3 is 1. The van der Waals surface area contributed by atoms with Crippen molar-refractivity contribution in [3.8, 4) is 5.75 Å². The molecule has 8 heteroatoms.